The number of halogens is 2. The lowest BCUT2D eigenvalue weighted by molar-refractivity contribution is -0.133. The summed E-state index contributed by atoms with van der Waals surface area (Å²) in [6.45, 7) is 2.40. The van der Waals surface area contributed by atoms with Gasteiger partial charge in [0, 0.05) is 12.6 Å². The van der Waals surface area contributed by atoms with Gasteiger partial charge in [-0.05, 0) is 37.8 Å². The molecule has 1 heterocycles. The summed E-state index contributed by atoms with van der Waals surface area (Å²) in [5.41, 5.74) is 0.154. The third-order valence-corrected chi connectivity index (χ3v) is 6.01. The van der Waals surface area contributed by atoms with Gasteiger partial charge in [0.05, 0.1) is 22.0 Å². The van der Waals surface area contributed by atoms with E-state index in [0.29, 0.717) is 6.54 Å². The summed E-state index contributed by atoms with van der Waals surface area (Å²) in [7, 11) is -3.70. The Labute approximate surface area is 153 Å². The van der Waals surface area contributed by atoms with Crippen molar-refractivity contribution in [3.05, 3.63) is 28.2 Å². The van der Waals surface area contributed by atoms with E-state index >= 15 is 0 Å². The number of piperidine rings is 1. The highest BCUT2D eigenvalue weighted by atomic mass is 35.5. The molecule has 0 bridgehead atoms. The highest BCUT2D eigenvalue weighted by Crippen LogP contribution is 2.35. The molecule has 2 rings (SSSR count). The molecule has 1 atom stereocenters. The summed E-state index contributed by atoms with van der Waals surface area (Å²) < 4.78 is 25.5. The maximum absolute atomic E-state index is 12.8. The Morgan fingerprint density at radius 1 is 1.29 bits per heavy atom. The summed E-state index contributed by atoms with van der Waals surface area (Å²) in [6, 6.07) is 4.91. The molecule has 0 N–H and O–H groups in total. The summed E-state index contributed by atoms with van der Waals surface area (Å²) in [4.78, 5) is 14.5. The summed E-state index contributed by atoms with van der Waals surface area (Å²) in [5, 5.41) is 0.401. The molecule has 8 heteroatoms. The number of rotatable bonds is 5. The summed E-state index contributed by atoms with van der Waals surface area (Å²) >= 11 is 12.3. The monoisotopic (exact) mass is 392 g/mol. The zero-order valence-corrected chi connectivity index (χ0v) is 16.2. The lowest BCUT2D eigenvalue weighted by Crippen LogP contribution is -2.49. The second-order valence-electron chi connectivity index (χ2n) is 5.98. The number of sulfonamides is 1. The minimum absolute atomic E-state index is 0.154. The fourth-order valence-corrected chi connectivity index (χ4v) is 4.63. The number of amides is 1. The van der Waals surface area contributed by atoms with E-state index in [1.54, 1.807) is 23.1 Å². The van der Waals surface area contributed by atoms with Crippen LogP contribution < -0.4 is 4.31 Å². The van der Waals surface area contributed by atoms with Crippen LogP contribution in [0.2, 0.25) is 10.0 Å². The number of nitrogens with zero attached hydrogens (tertiary/aromatic N) is 2. The molecular formula is C16H22Cl2N2O3S. The van der Waals surface area contributed by atoms with Crippen molar-refractivity contribution >= 4 is 44.8 Å². The SMILES string of the molecule is CCC1CCCCN1C(=O)CN(c1c(Cl)cccc1Cl)S(C)(=O)=O. The van der Waals surface area contributed by atoms with Crippen molar-refractivity contribution in [2.24, 2.45) is 0 Å². The van der Waals surface area contributed by atoms with Gasteiger partial charge in [-0.15, -0.1) is 0 Å². The van der Waals surface area contributed by atoms with Crippen LogP contribution in [0.1, 0.15) is 32.6 Å². The number of anilines is 1. The van der Waals surface area contributed by atoms with Crippen molar-refractivity contribution in [2.75, 3.05) is 23.7 Å². The molecule has 1 aliphatic rings. The molecular weight excluding hydrogens is 371 g/mol. The Morgan fingerprint density at radius 3 is 2.46 bits per heavy atom. The topological polar surface area (TPSA) is 57.7 Å². The first-order chi connectivity index (χ1) is 11.3. The Balaban J connectivity index is 2.32. The average Bonchev–Trinajstić information content (AvgIpc) is 2.52. The summed E-state index contributed by atoms with van der Waals surface area (Å²) in [5.74, 6) is -0.219. The molecule has 1 aliphatic heterocycles. The molecule has 1 aromatic rings. The molecule has 1 unspecified atom stereocenters. The van der Waals surface area contributed by atoms with E-state index in [4.69, 9.17) is 23.2 Å². The van der Waals surface area contributed by atoms with E-state index in [1.807, 2.05) is 6.92 Å². The zero-order valence-electron chi connectivity index (χ0n) is 13.8. The van der Waals surface area contributed by atoms with Gasteiger partial charge in [-0.1, -0.05) is 36.2 Å². The van der Waals surface area contributed by atoms with Crippen molar-refractivity contribution in [3.8, 4) is 0 Å². The molecule has 5 nitrogen and oxygen atoms in total. The van der Waals surface area contributed by atoms with Gasteiger partial charge >= 0.3 is 0 Å². The molecule has 0 saturated carbocycles. The minimum Gasteiger partial charge on any atom is -0.338 e. The average molecular weight is 393 g/mol. The molecule has 134 valence electrons. The van der Waals surface area contributed by atoms with Crippen LogP contribution in [0.4, 0.5) is 5.69 Å². The standard InChI is InChI=1S/C16H22Cl2N2O3S/c1-3-12-7-4-5-10-19(12)15(21)11-20(24(2,22)23)16-13(17)8-6-9-14(16)18/h6,8-9,12H,3-5,7,10-11H2,1-2H3. The van der Waals surface area contributed by atoms with Crippen LogP contribution >= 0.6 is 23.2 Å². The third-order valence-electron chi connectivity index (χ3n) is 4.28. The number of carbonyl (C=O) groups is 1. The van der Waals surface area contributed by atoms with Crippen molar-refractivity contribution in [1.82, 2.24) is 4.90 Å². The van der Waals surface area contributed by atoms with Crippen molar-refractivity contribution in [1.29, 1.82) is 0 Å². The second kappa shape index (κ2) is 7.93. The fraction of sp³-hybridized carbons (Fsp3) is 0.562. The van der Waals surface area contributed by atoms with Crippen LogP contribution in [0.25, 0.3) is 0 Å². The van der Waals surface area contributed by atoms with Crippen molar-refractivity contribution in [2.45, 2.75) is 38.6 Å². The normalized spacial score (nSPS) is 18.5. The summed E-state index contributed by atoms with van der Waals surface area (Å²) in [6.07, 6.45) is 4.89. The Bertz CT molecular complexity index is 689. The quantitative estimate of drug-likeness (QED) is 0.769. The van der Waals surface area contributed by atoms with E-state index in [0.717, 1.165) is 36.2 Å². The van der Waals surface area contributed by atoms with Gasteiger partial charge in [0.15, 0.2) is 0 Å². The molecule has 0 radical (unpaired) electrons. The van der Waals surface area contributed by atoms with Gasteiger partial charge in [-0.2, -0.15) is 0 Å². The molecule has 1 aromatic carbocycles. The fourth-order valence-electron chi connectivity index (χ4n) is 3.06. The van der Waals surface area contributed by atoms with Gasteiger partial charge < -0.3 is 4.90 Å². The van der Waals surface area contributed by atoms with Crippen LogP contribution in [0.5, 0.6) is 0 Å². The molecule has 24 heavy (non-hydrogen) atoms. The molecule has 0 spiro atoms. The first-order valence-corrected chi connectivity index (χ1v) is 10.6. The van der Waals surface area contributed by atoms with E-state index in [9.17, 15) is 13.2 Å². The highest BCUT2D eigenvalue weighted by Gasteiger charge is 2.30. The molecule has 1 saturated heterocycles. The largest absolute Gasteiger partial charge is 0.338 e. The molecule has 1 amide bonds. The van der Waals surface area contributed by atoms with Gasteiger partial charge in [-0.25, -0.2) is 8.42 Å². The number of hydrogen-bond donors (Lipinski definition) is 0. The van der Waals surface area contributed by atoms with Crippen molar-refractivity contribution in [3.63, 3.8) is 0 Å². The highest BCUT2D eigenvalue weighted by molar-refractivity contribution is 7.92. The Hall–Kier alpha value is -0.980. The van der Waals surface area contributed by atoms with Crippen LogP contribution in [0.15, 0.2) is 18.2 Å². The maximum atomic E-state index is 12.8. The van der Waals surface area contributed by atoms with Crippen LogP contribution in [-0.2, 0) is 14.8 Å². The number of para-hydroxylation sites is 1. The zero-order chi connectivity index (χ0) is 17.9. The Morgan fingerprint density at radius 2 is 1.92 bits per heavy atom. The first kappa shape index (κ1) is 19.3. The maximum Gasteiger partial charge on any atom is 0.243 e. The van der Waals surface area contributed by atoms with Crippen LogP contribution in [-0.4, -0.2) is 44.6 Å². The van der Waals surface area contributed by atoms with Gasteiger partial charge in [0.1, 0.15) is 6.54 Å². The number of benzene rings is 1. The predicted molar refractivity (Wildman–Crippen MR) is 98.3 cm³/mol. The van der Waals surface area contributed by atoms with Crippen molar-refractivity contribution < 1.29 is 13.2 Å². The Kier molecular flexibility index (Phi) is 6.39. The number of likely N-dealkylation sites (tertiary alicyclic amines) is 1. The number of carbonyl (C=O) groups excluding carboxylic acids is 1. The molecule has 0 aromatic heterocycles. The van der Waals surface area contributed by atoms with E-state index in [1.165, 1.54) is 0 Å². The minimum atomic E-state index is -3.70. The van der Waals surface area contributed by atoms with E-state index in [2.05, 4.69) is 0 Å². The van der Waals surface area contributed by atoms with Crippen LogP contribution in [0.3, 0.4) is 0 Å². The van der Waals surface area contributed by atoms with E-state index < -0.39 is 10.0 Å². The smallest absolute Gasteiger partial charge is 0.243 e. The third kappa shape index (κ3) is 4.35. The second-order valence-corrected chi connectivity index (χ2v) is 8.71. The van der Waals surface area contributed by atoms with Gasteiger partial charge in [0.2, 0.25) is 15.9 Å². The first-order valence-electron chi connectivity index (χ1n) is 7.97. The molecule has 0 aliphatic carbocycles. The lowest BCUT2D eigenvalue weighted by atomic mass is 10.00. The van der Waals surface area contributed by atoms with Gasteiger partial charge in [0.25, 0.3) is 0 Å². The van der Waals surface area contributed by atoms with E-state index in [-0.39, 0.29) is 34.2 Å². The lowest BCUT2D eigenvalue weighted by Gasteiger charge is -2.36. The van der Waals surface area contributed by atoms with Gasteiger partial charge in [-0.3, -0.25) is 9.10 Å². The molecule has 1 fully saturated rings. The predicted octanol–water partition coefficient (Wildman–Crippen LogP) is 3.55. The number of hydrogen-bond acceptors (Lipinski definition) is 3. The van der Waals surface area contributed by atoms with Crippen LogP contribution in [0, 0.1) is 0 Å².